The molecule has 2 aromatic carbocycles. The van der Waals surface area contributed by atoms with Crippen LogP contribution in [0.25, 0.3) is 11.1 Å². The summed E-state index contributed by atoms with van der Waals surface area (Å²) in [6.45, 7) is 4.46. The smallest absolute Gasteiger partial charge is 0.355 e. The third kappa shape index (κ3) is 8.62. The average Bonchev–Trinajstić information content (AvgIpc) is 2.94. The molecule has 0 saturated carbocycles. The van der Waals surface area contributed by atoms with E-state index in [0.717, 1.165) is 33.1 Å². The second kappa shape index (κ2) is 13.5. The summed E-state index contributed by atoms with van der Waals surface area (Å²) >= 11 is 0. The van der Waals surface area contributed by atoms with Gasteiger partial charge in [0.05, 0.1) is 21.8 Å². The molecule has 14 heteroatoms. The van der Waals surface area contributed by atoms with E-state index in [1.807, 2.05) is 19.1 Å². The molecular weight excluding hydrogens is 607 g/mol. The fraction of sp³-hybridized carbons (Fsp3) is 0.379. The molecule has 0 bridgehead atoms. The van der Waals surface area contributed by atoms with Gasteiger partial charge in [0.2, 0.25) is 15.9 Å². The molecule has 2 N–H and O–H groups in total. The minimum atomic E-state index is -4.94. The molecule has 0 unspecified atom stereocenters. The summed E-state index contributed by atoms with van der Waals surface area (Å²) in [5, 5.41) is 2.32. The van der Waals surface area contributed by atoms with E-state index >= 15 is 0 Å². The van der Waals surface area contributed by atoms with Gasteiger partial charge in [-0.25, -0.2) is 8.42 Å². The third-order valence-corrected chi connectivity index (χ3v) is 9.85. The number of hydrogen-bond donors (Lipinski definition) is 2. The van der Waals surface area contributed by atoms with E-state index in [1.54, 1.807) is 44.4 Å². The van der Waals surface area contributed by atoms with Crippen molar-refractivity contribution in [1.82, 2.24) is 14.6 Å². The predicted octanol–water partition coefficient (Wildman–Crippen LogP) is 5.04. The molecule has 0 aliphatic rings. The van der Waals surface area contributed by atoms with Crippen LogP contribution < -0.4 is 5.32 Å². The number of carbonyl (C=O) groups excluding carboxylic acids is 1. The van der Waals surface area contributed by atoms with Gasteiger partial charge in [-0.2, -0.15) is 25.9 Å². The van der Waals surface area contributed by atoms with Crippen LogP contribution in [0, 0.1) is 0 Å². The summed E-state index contributed by atoms with van der Waals surface area (Å²) in [6.07, 6.45) is -1.21. The summed E-state index contributed by atoms with van der Waals surface area (Å²) in [7, 11) is -9.08. The zero-order valence-corrected chi connectivity index (χ0v) is 25.6. The van der Waals surface area contributed by atoms with E-state index in [4.69, 9.17) is 4.55 Å². The summed E-state index contributed by atoms with van der Waals surface area (Å²) in [5.41, 5.74) is 0.436. The van der Waals surface area contributed by atoms with Crippen molar-refractivity contribution >= 4 is 26.0 Å². The van der Waals surface area contributed by atoms with Crippen LogP contribution in [-0.4, -0.2) is 55.4 Å². The van der Waals surface area contributed by atoms with Crippen LogP contribution in [0.2, 0.25) is 0 Å². The van der Waals surface area contributed by atoms with Crippen LogP contribution in [0.1, 0.15) is 50.3 Å². The fourth-order valence-electron chi connectivity index (χ4n) is 4.74. The number of amides is 1. The number of hydrogen-bond acceptors (Lipinski definition) is 6. The maximum atomic E-state index is 14.1. The van der Waals surface area contributed by atoms with Gasteiger partial charge in [-0.1, -0.05) is 37.3 Å². The summed E-state index contributed by atoms with van der Waals surface area (Å²) < 4.78 is 102. The van der Waals surface area contributed by atoms with Gasteiger partial charge in [0.25, 0.3) is 10.1 Å². The Morgan fingerprint density at radius 2 is 1.72 bits per heavy atom. The Hall–Kier alpha value is -3.33. The lowest BCUT2D eigenvalue weighted by Gasteiger charge is -2.38. The lowest BCUT2D eigenvalue weighted by atomic mass is 9.90. The van der Waals surface area contributed by atoms with Crippen molar-refractivity contribution in [3.05, 3.63) is 83.7 Å². The van der Waals surface area contributed by atoms with Gasteiger partial charge in [0, 0.05) is 31.9 Å². The normalized spacial score (nSPS) is 12.8. The highest BCUT2D eigenvalue weighted by Gasteiger charge is 2.43. The molecule has 0 aliphatic heterocycles. The maximum absolute atomic E-state index is 14.1. The van der Waals surface area contributed by atoms with E-state index in [0.29, 0.717) is 18.1 Å². The van der Waals surface area contributed by atoms with Gasteiger partial charge in [0.1, 0.15) is 0 Å². The van der Waals surface area contributed by atoms with Gasteiger partial charge in [0.15, 0.2) is 0 Å². The predicted molar refractivity (Wildman–Crippen MR) is 156 cm³/mol. The molecule has 1 heterocycles. The minimum absolute atomic E-state index is 0.0847. The quantitative estimate of drug-likeness (QED) is 0.250. The highest BCUT2D eigenvalue weighted by molar-refractivity contribution is 7.89. The van der Waals surface area contributed by atoms with Crippen LogP contribution in [0.3, 0.4) is 0 Å². The first-order valence-corrected chi connectivity index (χ1v) is 16.5. The zero-order valence-electron chi connectivity index (χ0n) is 23.9. The molecule has 0 atom stereocenters. The van der Waals surface area contributed by atoms with E-state index in [2.05, 4.69) is 10.3 Å². The molecular formula is C29H34F3N3O6S2. The minimum Gasteiger partial charge on any atom is -0.355 e. The van der Waals surface area contributed by atoms with Crippen molar-refractivity contribution in [1.29, 1.82) is 0 Å². The molecule has 0 saturated heterocycles. The third-order valence-electron chi connectivity index (χ3n) is 7.00. The lowest BCUT2D eigenvalue weighted by Crippen LogP contribution is -2.46. The molecule has 9 nitrogen and oxygen atoms in total. The van der Waals surface area contributed by atoms with Crippen molar-refractivity contribution in [2.75, 3.05) is 18.8 Å². The van der Waals surface area contributed by atoms with Crippen molar-refractivity contribution in [3.8, 4) is 11.1 Å². The van der Waals surface area contributed by atoms with Gasteiger partial charge in [-0.3, -0.25) is 14.3 Å². The Bertz CT molecular complexity index is 1660. The number of halogens is 3. The molecule has 3 aromatic rings. The summed E-state index contributed by atoms with van der Waals surface area (Å²) in [5.74, 6) is -1.31. The Balaban J connectivity index is 2.03. The molecule has 234 valence electrons. The molecule has 0 spiro atoms. The highest BCUT2D eigenvalue weighted by atomic mass is 32.2. The highest BCUT2D eigenvalue weighted by Crippen LogP contribution is 2.40. The molecule has 1 amide bonds. The zero-order chi connectivity index (χ0) is 32.1. The fourth-order valence-corrected chi connectivity index (χ4v) is 7.12. The Morgan fingerprint density at radius 1 is 1.02 bits per heavy atom. The number of nitrogens with zero attached hydrogens (tertiary/aromatic N) is 2. The van der Waals surface area contributed by atoms with Gasteiger partial charge >= 0.3 is 6.18 Å². The van der Waals surface area contributed by atoms with Crippen LogP contribution >= 0.6 is 0 Å². The van der Waals surface area contributed by atoms with Crippen LogP contribution in [0.15, 0.2) is 71.9 Å². The molecule has 0 radical (unpaired) electrons. The molecule has 3 rings (SSSR count). The number of nitrogens with one attached hydrogen (secondary N) is 1. The van der Waals surface area contributed by atoms with Crippen LogP contribution in [0.4, 0.5) is 13.2 Å². The van der Waals surface area contributed by atoms with E-state index in [9.17, 15) is 34.8 Å². The van der Waals surface area contributed by atoms with Crippen molar-refractivity contribution in [3.63, 3.8) is 0 Å². The summed E-state index contributed by atoms with van der Waals surface area (Å²) in [6, 6.07) is 12.8. The van der Waals surface area contributed by atoms with Crippen molar-refractivity contribution < 1.29 is 39.4 Å². The first-order chi connectivity index (χ1) is 20.0. The SMILES string of the molecule is CCc1cnccc1-c1cccc(C(C)(C)N(CCCC(=O)NCCS(=O)(=O)O)S(=O)(=O)c2ccccc2C(F)(F)F)c1. The number of aromatic nitrogens is 1. The second-order valence-electron chi connectivity index (χ2n) is 10.3. The van der Waals surface area contributed by atoms with Crippen molar-refractivity contribution in [2.45, 2.75) is 56.6 Å². The van der Waals surface area contributed by atoms with Crippen LogP contribution in [-0.2, 0) is 43.1 Å². The second-order valence-corrected chi connectivity index (χ2v) is 13.7. The van der Waals surface area contributed by atoms with E-state index in [1.165, 1.54) is 6.07 Å². The van der Waals surface area contributed by atoms with Gasteiger partial charge in [-0.05, 0) is 73.2 Å². The molecule has 43 heavy (non-hydrogen) atoms. The number of carbonyl (C=O) groups is 1. The summed E-state index contributed by atoms with van der Waals surface area (Å²) in [4.78, 5) is 15.5. The average molecular weight is 642 g/mol. The van der Waals surface area contributed by atoms with Gasteiger partial charge < -0.3 is 5.32 Å². The molecule has 0 fully saturated rings. The lowest BCUT2D eigenvalue weighted by molar-refractivity contribution is -0.140. The monoisotopic (exact) mass is 641 g/mol. The standard InChI is InChI=1S/C29H34F3N3O6S2/c1-4-21-20-33-15-14-24(21)22-9-7-10-23(19-22)28(2,3)35(17-8-13-27(36)34-16-18-42(37,38)39)43(40,41)26-12-6-5-11-25(26)29(30,31)32/h5-7,9-12,14-15,19-20H,4,8,13,16-18H2,1-3H3,(H,34,36)(H,37,38,39). The van der Waals surface area contributed by atoms with Crippen molar-refractivity contribution in [2.24, 2.45) is 0 Å². The largest absolute Gasteiger partial charge is 0.417 e. The van der Waals surface area contributed by atoms with Gasteiger partial charge in [-0.15, -0.1) is 0 Å². The molecule has 1 aromatic heterocycles. The number of pyridine rings is 1. The number of rotatable bonds is 13. The Kier molecular flexibility index (Phi) is 10.8. The number of alkyl halides is 3. The first-order valence-electron chi connectivity index (χ1n) is 13.4. The Labute approximate surface area is 250 Å². The van der Waals surface area contributed by atoms with E-state index in [-0.39, 0.29) is 25.9 Å². The number of sulfonamides is 1. The number of aryl methyl sites for hydroxylation is 1. The maximum Gasteiger partial charge on any atom is 0.417 e. The first kappa shape index (κ1) is 34.2. The van der Waals surface area contributed by atoms with E-state index < -0.39 is 54.0 Å². The Morgan fingerprint density at radius 3 is 2.37 bits per heavy atom. The molecule has 0 aliphatic carbocycles. The van der Waals surface area contributed by atoms with Crippen LogP contribution in [0.5, 0.6) is 0 Å². The topological polar surface area (TPSA) is 134 Å². The number of benzene rings is 2.